The lowest BCUT2D eigenvalue weighted by Crippen LogP contribution is -2.04. The molecule has 0 N–H and O–H groups in total. The number of rotatable bonds is 2. The monoisotopic (exact) mass is 285 g/mol. The van der Waals surface area contributed by atoms with Gasteiger partial charge in [0.05, 0.1) is 27.8 Å². The Hall–Kier alpha value is -3.41. The number of hydrogen-bond acceptors (Lipinski definition) is 5. The number of hydrogen-bond donors (Lipinski definition) is 0. The average Bonchev–Trinajstić information content (AvgIpc) is 2.57. The molecule has 0 unspecified atom stereocenters. The summed E-state index contributed by atoms with van der Waals surface area (Å²) in [7, 11) is 0. The molecule has 0 aliphatic rings. The highest BCUT2D eigenvalue weighted by atomic mass is 14.7. The first-order valence-corrected chi connectivity index (χ1v) is 6.79. The third kappa shape index (κ3) is 2.03. The third-order valence-corrected chi connectivity index (χ3v) is 3.61. The fraction of sp³-hybridized carbons (Fsp3) is 0.235. The zero-order valence-electron chi connectivity index (χ0n) is 12.2. The van der Waals surface area contributed by atoms with Gasteiger partial charge in [0.1, 0.15) is 24.3 Å². The third-order valence-electron chi connectivity index (χ3n) is 3.61. The standard InChI is InChI=1S/C17H11N5/c1-3-11-13(8-20)17-14(9-21)12(7-19)10(6-18)5-16(17)22-15(11)4-2/h5H,3-4H2,1-2H3. The van der Waals surface area contributed by atoms with E-state index in [1.165, 1.54) is 6.07 Å². The molecule has 5 heteroatoms. The van der Waals surface area contributed by atoms with Crippen molar-refractivity contribution < 1.29 is 0 Å². The quantitative estimate of drug-likeness (QED) is 0.842. The molecule has 0 bridgehead atoms. The fourth-order valence-electron chi connectivity index (χ4n) is 2.63. The van der Waals surface area contributed by atoms with E-state index < -0.39 is 0 Å². The highest BCUT2D eigenvalue weighted by molar-refractivity contribution is 5.94. The molecule has 1 aromatic carbocycles. The van der Waals surface area contributed by atoms with Crippen LogP contribution in [0.4, 0.5) is 0 Å². The summed E-state index contributed by atoms with van der Waals surface area (Å²) in [5.74, 6) is 0. The number of benzene rings is 1. The molecule has 104 valence electrons. The fourth-order valence-corrected chi connectivity index (χ4v) is 2.63. The van der Waals surface area contributed by atoms with Crippen LogP contribution in [0.5, 0.6) is 0 Å². The van der Waals surface area contributed by atoms with Crippen molar-refractivity contribution in [2.45, 2.75) is 26.7 Å². The minimum Gasteiger partial charge on any atom is -0.252 e. The Balaban J connectivity index is 3.18. The second kappa shape index (κ2) is 5.92. The van der Waals surface area contributed by atoms with Crippen molar-refractivity contribution in [2.75, 3.05) is 0 Å². The first kappa shape index (κ1) is 15.0. The van der Waals surface area contributed by atoms with Gasteiger partial charge in [-0.15, -0.1) is 0 Å². The van der Waals surface area contributed by atoms with Gasteiger partial charge in [0, 0.05) is 11.1 Å². The lowest BCUT2D eigenvalue weighted by Gasteiger charge is -2.13. The maximum atomic E-state index is 9.54. The number of aromatic nitrogens is 1. The second-order valence-corrected chi connectivity index (χ2v) is 4.63. The van der Waals surface area contributed by atoms with E-state index in [1.54, 1.807) is 0 Å². The Kier molecular flexibility index (Phi) is 4.04. The van der Waals surface area contributed by atoms with Gasteiger partial charge in [-0.05, 0) is 24.5 Å². The van der Waals surface area contributed by atoms with Crippen LogP contribution in [0.3, 0.4) is 0 Å². The normalized spacial score (nSPS) is 9.55. The summed E-state index contributed by atoms with van der Waals surface area (Å²) in [6.45, 7) is 3.86. The van der Waals surface area contributed by atoms with Crippen molar-refractivity contribution in [2.24, 2.45) is 0 Å². The maximum Gasteiger partial charge on any atom is 0.102 e. The summed E-state index contributed by atoms with van der Waals surface area (Å²) in [4.78, 5) is 4.50. The van der Waals surface area contributed by atoms with E-state index in [2.05, 4.69) is 11.1 Å². The van der Waals surface area contributed by atoms with Crippen LogP contribution in [-0.4, -0.2) is 4.98 Å². The first-order valence-electron chi connectivity index (χ1n) is 6.79. The molecule has 0 saturated carbocycles. The van der Waals surface area contributed by atoms with Gasteiger partial charge < -0.3 is 0 Å². The van der Waals surface area contributed by atoms with Crippen LogP contribution in [0, 0.1) is 45.3 Å². The van der Waals surface area contributed by atoms with Gasteiger partial charge in [0.2, 0.25) is 0 Å². The van der Waals surface area contributed by atoms with Crippen molar-refractivity contribution in [3.63, 3.8) is 0 Å². The van der Waals surface area contributed by atoms with Crippen molar-refractivity contribution in [1.29, 1.82) is 21.0 Å². The van der Waals surface area contributed by atoms with Gasteiger partial charge in [-0.25, -0.2) is 0 Å². The van der Waals surface area contributed by atoms with Gasteiger partial charge in [-0.3, -0.25) is 4.98 Å². The molecule has 0 atom stereocenters. The summed E-state index contributed by atoms with van der Waals surface area (Å²) in [5, 5.41) is 37.8. The van der Waals surface area contributed by atoms with E-state index >= 15 is 0 Å². The van der Waals surface area contributed by atoms with Crippen LogP contribution in [0.25, 0.3) is 10.9 Å². The SMILES string of the molecule is CCc1nc2cc(C#N)c(C#N)c(C#N)c2c(C#N)c1CC. The van der Waals surface area contributed by atoms with E-state index in [4.69, 9.17) is 0 Å². The van der Waals surface area contributed by atoms with Crippen LogP contribution < -0.4 is 0 Å². The zero-order valence-corrected chi connectivity index (χ0v) is 12.2. The number of pyridine rings is 1. The van der Waals surface area contributed by atoms with Crippen molar-refractivity contribution in [3.05, 3.63) is 39.6 Å². The van der Waals surface area contributed by atoms with E-state index in [0.717, 1.165) is 11.3 Å². The molecule has 0 amide bonds. The van der Waals surface area contributed by atoms with Gasteiger partial charge in [0.15, 0.2) is 0 Å². The molecule has 1 aromatic heterocycles. The van der Waals surface area contributed by atoms with E-state index in [1.807, 2.05) is 32.1 Å². The second-order valence-electron chi connectivity index (χ2n) is 4.63. The van der Waals surface area contributed by atoms with Gasteiger partial charge in [0.25, 0.3) is 0 Å². The van der Waals surface area contributed by atoms with Crippen molar-refractivity contribution >= 4 is 10.9 Å². The molecule has 5 nitrogen and oxygen atoms in total. The lowest BCUT2D eigenvalue weighted by atomic mass is 9.91. The Morgan fingerprint density at radius 2 is 1.50 bits per heavy atom. The smallest absolute Gasteiger partial charge is 0.102 e. The van der Waals surface area contributed by atoms with Crippen molar-refractivity contribution in [1.82, 2.24) is 4.98 Å². The highest BCUT2D eigenvalue weighted by Gasteiger charge is 2.20. The Morgan fingerprint density at radius 1 is 0.864 bits per heavy atom. The van der Waals surface area contributed by atoms with Gasteiger partial charge in [-0.1, -0.05) is 13.8 Å². The van der Waals surface area contributed by atoms with Crippen LogP contribution in [0.1, 0.15) is 47.4 Å². The molecule has 2 aromatic rings. The largest absolute Gasteiger partial charge is 0.252 e. The number of fused-ring (bicyclic) bond motifs is 1. The number of nitriles is 4. The van der Waals surface area contributed by atoms with Gasteiger partial charge >= 0.3 is 0 Å². The number of nitrogens with zero attached hydrogens (tertiary/aromatic N) is 5. The minimum absolute atomic E-state index is 0.00195. The van der Waals surface area contributed by atoms with Crippen molar-refractivity contribution in [3.8, 4) is 24.3 Å². The predicted octanol–water partition coefficient (Wildman–Crippen LogP) is 2.85. The Morgan fingerprint density at radius 3 is 1.95 bits per heavy atom. The molecule has 22 heavy (non-hydrogen) atoms. The predicted molar refractivity (Wildman–Crippen MR) is 79.4 cm³/mol. The molecular formula is C17H11N5. The molecule has 0 aliphatic carbocycles. The molecule has 0 radical (unpaired) electrons. The summed E-state index contributed by atoms with van der Waals surface area (Å²) in [6, 6.07) is 9.40. The van der Waals surface area contributed by atoms with E-state index in [-0.39, 0.29) is 16.7 Å². The molecule has 0 aliphatic heterocycles. The molecule has 1 heterocycles. The Labute approximate surface area is 128 Å². The Bertz CT molecular complexity index is 943. The topological polar surface area (TPSA) is 108 Å². The van der Waals surface area contributed by atoms with Crippen LogP contribution in [0.15, 0.2) is 6.07 Å². The summed E-state index contributed by atoms with van der Waals surface area (Å²) in [5.41, 5.74) is 2.53. The minimum atomic E-state index is 0.00195. The van der Waals surface area contributed by atoms with Gasteiger partial charge in [-0.2, -0.15) is 21.0 Å². The maximum absolute atomic E-state index is 9.54. The van der Waals surface area contributed by atoms with E-state index in [0.29, 0.717) is 29.3 Å². The van der Waals surface area contributed by atoms with Crippen LogP contribution in [-0.2, 0) is 12.8 Å². The van der Waals surface area contributed by atoms with Crippen LogP contribution >= 0.6 is 0 Å². The number of aryl methyl sites for hydroxylation is 1. The van der Waals surface area contributed by atoms with Crippen LogP contribution in [0.2, 0.25) is 0 Å². The molecule has 2 rings (SSSR count). The summed E-state index contributed by atoms with van der Waals surface area (Å²) < 4.78 is 0. The highest BCUT2D eigenvalue weighted by Crippen LogP contribution is 2.30. The molecule has 0 saturated heterocycles. The molecular weight excluding hydrogens is 274 g/mol. The first-order chi connectivity index (χ1) is 10.7. The zero-order chi connectivity index (χ0) is 16.3. The van der Waals surface area contributed by atoms with E-state index in [9.17, 15) is 21.0 Å². The molecule has 0 spiro atoms. The lowest BCUT2D eigenvalue weighted by molar-refractivity contribution is 0.976. The summed E-state index contributed by atoms with van der Waals surface area (Å²) in [6.07, 6.45) is 1.26. The molecule has 0 fully saturated rings. The summed E-state index contributed by atoms with van der Waals surface area (Å²) >= 11 is 0. The average molecular weight is 285 g/mol.